The smallest absolute Gasteiger partial charge is 0.325 e. The number of methoxy groups -OCH3 is 1. The Kier molecular flexibility index (Phi) is 8.88. The summed E-state index contributed by atoms with van der Waals surface area (Å²) in [6, 6.07) is 7.90. The Hall–Kier alpha value is -3.73. The highest BCUT2D eigenvalue weighted by molar-refractivity contribution is 5.97. The van der Waals surface area contributed by atoms with E-state index >= 15 is 0 Å². The highest BCUT2D eigenvalue weighted by Crippen LogP contribution is 2.17. The van der Waals surface area contributed by atoms with E-state index in [0.29, 0.717) is 16.8 Å². The van der Waals surface area contributed by atoms with Crippen LogP contribution in [0.25, 0.3) is 11.3 Å². The van der Waals surface area contributed by atoms with Gasteiger partial charge in [-0.3, -0.25) is 24.6 Å². The number of hydrogen-bond donors (Lipinski definition) is 3. The third kappa shape index (κ3) is 6.37. The fraction of sp³-hybridized carbons (Fsp3) is 0.263. The van der Waals surface area contributed by atoms with E-state index in [9.17, 15) is 19.2 Å². The first kappa shape index (κ1) is 25.3. The second-order valence-corrected chi connectivity index (χ2v) is 6.37. The molecule has 0 aliphatic carbocycles. The van der Waals surface area contributed by atoms with Crippen molar-refractivity contribution in [2.24, 2.45) is 12.8 Å². The number of nitrogens with one attached hydrogen (secondary N) is 2. The van der Waals surface area contributed by atoms with Crippen molar-refractivity contribution in [2.45, 2.75) is 0 Å². The van der Waals surface area contributed by atoms with Crippen LogP contribution in [-0.2, 0) is 21.4 Å². The lowest BCUT2D eigenvalue weighted by Gasteiger charge is -2.16. The van der Waals surface area contributed by atoms with Crippen molar-refractivity contribution in [2.75, 3.05) is 27.2 Å². The summed E-state index contributed by atoms with van der Waals surface area (Å²) in [6.45, 7) is -0.664. The van der Waals surface area contributed by atoms with Gasteiger partial charge in [0.15, 0.2) is 0 Å². The normalized spacial score (nSPS) is 9.90. The number of nitrogens with two attached hydrogens (primary N) is 1. The summed E-state index contributed by atoms with van der Waals surface area (Å²) in [7, 11) is 3.99. The number of carbonyl (C=O) groups is 3. The van der Waals surface area contributed by atoms with E-state index in [1.807, 2.05) is 0 Å². The molecule has 4 N–H and O–H groups in total. The summed E-state index contributed by atoms with van der Waals surface area (Å²) >= 11 is 0. The lowest BCUT2D eigenvalue weighted by Crippen LogP contribution is -2.42. The average Bonchev–Trinajstić information content (AvgIpc) is 2.73. The van der Waals surface area contributed by atoms with E-state index in [2.05, 4.69) is 15.2 Å². The topological polar surface area (TPSA) is 160 Å². The van der Waals surface area contributed by atoms with Gasteiger partial charge in [0.2, 0.25) is 5.91 Å². The monoisotopic (exact) mass is 450 g/mol. The minimum atomic E-state index is -0.751. The van der Waals surface area contributed by atoms with Crippen LogP contribution in [0.2, 0.25) is 0 Å². The van der Waals surface area contributed by atoms with Crippen LogP contribution in [0, 0.1) is 5.41 Å². The van der Waals surface area contributed by atoms with Gasteiger partial charge in [-0.05, 0) is 6.07 Å². The number of aryl methyl sites for hydroxylation is 1. The van der Waals surface area contributed by atoms with Crippen LogP contribution in [0.4, 0.5) is 0 Å². The molecule has 0 saturated carbocycles. The Morgan fingerprint density at radius 2 is 1.87 bits per heavy atom. The fourth-order valence-corrected chi connectivity index (χ4v) is 2.47. The number of likely N-dealkylation sites (N-methyl/N-ethyl adjacent to an activating group) is 1. The van der Waals surface area contributed by atoms with E-state index in [1.54, 1.807) is 24.3 Å². The number of halogens is 1. The van der Waals surface area contributed by atoms with Crippen LogP contribution < -0.4 is 16.6 Å². The molecule has 1 aromatic heterocycles. The van der Waals surface area contributed by atoms with Crippen molar-refractivity contribution in [1.82, 2.24) is 20.0 Å². The zero-order valence-electron chi connectivity index (χ0n) is 17.2. The molecule has 0 unspecified atom stereocenters. The molecule has 0 spiro atoms. The van der Waals surface area contributed by atoms with Gasteiger partial charge in [-0.25, -0.2) is 4.68 Å². The molecule has 12 heteroatoms. The molecule has 1 aromatic carbocycles. The number of aromatic nitrogens is 2. The van der Waals surface area contributed by atoms with Crippen molar-refractivity contribution in [3.8, 4) is 11.3 Å². The van der Waals surface area contributed by atoms with Crippen LogP contribution >= 0.6 is 12.4 Å². The van der Waals surface area contributed by atoms with Crippen molar-refractivity contribution < 1.29 is 19.1 Å². The maximum Gasteiger partial charge on any atom is 0.325 e. The van der Waals surface area contributed by atoms with Crippen molar-refractivity contribution >= 4 is 36.0 Å². The van der Waals surface area contributed by atoms with Crippen LogP contribution in [0.15, 0.2) is 35.1 Å². The number of esters is 1. The number of hydrogen-bond acceptors (Lipinski definition) is 7. The maximum atomic E-state index is 12.5. The largest absolute Gasteiger partial charge is 0.468 e. The van der Waals surface area contributed by atoms with Crippen LogP contribution in [0.3, 0.4) is 0 Å². The van der Waals surface area contributed by atoms with E-state index < -0.39 is 29.9 Å². The zero-order valence-corrected chi connectivity index (χ0v) is 18.0. The Morgan fingerprint density at radius 3 is 2.42 bits per heavy atom. The SMILES string of the molecule is COC(=O)CN(C)C(=O)CNC(=O)c1cc(-c2ccc(C(=N)N)cc2)nn(C)c1=O.Cl. The van der Waals surface area contributed by atoms with Crippen molar-refractivity contribution in [1.29, 1.82) is 5.41 Å². The molecule has 0 atom stereocenters. The number of amidine groups is 1. The van der Waals surface area contributed by atoms with Crippen LogP contribution in [0.1, 0.15) is 15.9 Å². The van der Waals surface area contributed by atoms with Gasteiger partial charge in [-0.2, -0.15) is 5.10 Å². The predicted molar refractivity (Wildman–Crippen MR) is 115 cm³/mol. The third-order valence-electron chi connectivity index (χ3n) is 4.22. The molecule has 2 aromatic rings. The molecule has 0 aliphatic heterocycles. The van der Waals surface area contributed by atoms with E-state index in [0.717, 1.165) is 9.58 Å². The highest BCUT2D eigenvalue weighted by atomic mass is 35.5. The fourth-order valence-electron chi connectivity index (χ4n) is 2.47. The zero-order chi connectivity index (χ0) is 22.4. The van der Waals surface area contributed by atoms with Gasteiger partial charge in [-0.15, -0.1) is 12.4 Å². The summed E-state index contributed by atoms with van der Waals surface area (Å²) in [5.74, 6) is -1.96. The van der Waals surface area contributed by atoms with Crippen LogP contribution in [0.5, 0.6) is 0 Å². The maximum absolute atomic E-state index is 12.5. The summed E-state index contributed by atoms with van der Waals surface area (Å²) in [5, 5.41) is 13.9. The van der Waals surface area contributed by atoms with Gasteiger partial charge in [-0.1, -0.05) is 24.3 Å². The number of benzene rings is 1. The molecule has 166 valence electrons. The lowest BCUT2D eigenvalue weighted by molar-refractivity contribution is -0.145. The van der Waals surface area contributed by atoms with Gasteiger partial charge in [0.1, 0.15) is 17.9 Å². The second-order valence-electron chi connectivity index (χ2n) is 6.37. The second kappa shape index (κ2) is 10.9. The Labute approximate surface area is 184 Å². The number of rotatable bonds is 7. The van der Waals surface area contributed by atoms with Crippen LogP contribution in [-0.4, -0.2) is 65.5 Å². The lowest BCUT2D eigenvalue weighted by atomic mass is 10.1. The van der Waals surface area contributed by atoms with Gasteiger partial charge < -0.3 is 20.7 Å². The molecule has 2 amide bonds. The first-order valence-electron chi connectivity index (χ1n) is 8.76. The highest BCUT2D eigenvalue weighted by Gasteiger charge is 2.18. The van der Waals surface area contributed by atoms with Crippen molar-refractivity contribution in [3.05, 3.63) is 51.8 Å². The van der Waals surface area contributed by atoms with Gasteiger partial charge >= 0.3 is 5.97 Å². The Morgan fingerprint density at radius 1 is 1.26 bits per heavy atom. The summed E-state index contributed by atoms with van der Waals surface area (Å²) < 4.78 is 5.50. The molecular weight excluding hydrogens is 428 g/mol. The Balaban J connectivity index is 0.00000480. The molecule has 31 heavy (non-hydrogen) atoms. The molecule has 2 rings (SSSR count). The number of nitrogens with zero attached hydrogens (tertiary/aromatic N) is 3. The van der Waals surface area contributed by atoms with Gasteiger partial charge in [0.05, 0.1) is 19.3 Å². The number of carbonyl (C=O) groups excluding carboxylic acids is 3. The summed E-state index contributed by atoms with van der Waals surface area (Å²) in [4.78, 5) is 49.2. The summed E-state index contributed by atoms with van der Waals surface area (Å²) in [5.41, 5.74) is 6.10. The van der Waals surface area contributed by atoms with E-state index in [4.69, 9.17) is 11.1 Å². The minimum absolute atomic E-state index is 0. The standard InChI is InChI=1S/C19H22N6O5.ClH/c1-24(10-16(27)30-3)15(26)9-22-18(28)13-8-14(23-25(2)19(13)29)11-4-6-12(7-5-11)17(20)21;/h4-8H,9-10H2,1-3H3,(H3,20,21)(H,22,28);1H. The molecular formula is C19H23ClN6O5. The first-order valence-corrected chi connectivity index (χ1v) is 8.76. The van der Waals surface area contributed by atoms with E-state index in [1.165, 1.54) is 27.3 Å². The predicted octanol–water partition coefficient (Wildman–Crippen LogP) is -0.486. The molecule has 0 aliphatic rings. The molecule has 1 heterocycles. The molecule has 11 nitrogen and oxygen atoms in total. The molecule has 0 radical (unpaired) electrons. The summed E-state index contributed by atoms with van der Waals surface area (Å²) in [6.07, 6.45) is 0. The van der Waals surface area contributed by atoms with Crippen molar-refractivity contribution in [3.63, 3.8) is 0 Å². The Bertz CT molecular complexity index is 1050. The minimum Gasteiger partial charge on any atom is -0.468 e. The van der Waals surface area contributed by atoms with Gasteiger partial charge in [0.25, 0.3) is 11.5 Å². The molecule has 0 saturated heterocycles. The third-order valence-corrected chi connectivity index (χ3v) is 4.22. The first-order chi connectivity index (χ1) is 14.1. The van der Waals surface area contributed by atoms with E-state index in [-0.39, 0.29) is 30.4 Å². The quantitative estimate of drug-likeness (QED) is 0.291. The average molecular weight is 451 g/mol. The number of ether oxygens (including phenoxy) is 1. The number of amides is 2. The molecule has 0 fully saturated rings. The number of nitrogen functional groups attached to an aromatic ring is 1. The molecule has 0 bridgehead atoms. The van der Waals surface area contributed by atoms with Gasteiger partial charge in [0, 0.05) is 25.2 Å².